The highest BCUT2D eigenvalue weighted by Crippen LogP contribution is 2.20. The maximum absolute atomic E-state index is 9.99. The van der Waals surface area contributed by atoms with Gasteiger partial charge in [-0.05, 0) is 43.7 Å². The minimum Gasteiger partial charge on any atom is -0.395 e. The number of aliphatic hydroxyl groups excluding tert-OH is 4. The highest BCUT2D eigenvalue weighted by atomic mass is 16.4. The van der Waals surface area contributed by atoms with Crippen molar-refractivity contribution in [3.8, 4) is 0 Å². The number of likely N-dealkylation sites (tertiary alicyclic amines) is 1. The SMILES string of the molecule is OC[C@@H]1[C@@H](O)[C@H](O)[C@@H](O)CN1CCCCCCNc1ccc2[nH]ccc2c1. The molecule has 7 heteroatoms. The molecule has 6 N–H and O–H groups in total. The normalized spacial score (nSPS) is 26.5. The highest BCUT2D eigenvalue weighted by Gasteiger charge is 2.40. The first kappa shape index (κ1) is 20.1. The second-order valence-electron chi connectivity index (χ2n) is 7.41. The van der Waals surface area contributed by atoms with E-state index in [9.17, 15) is 20.4 Å². The van der Waals surface area contributed by atoms with Crippen LogP contribution in [0.5, 0.6) is 0 Å². The lowest BCUT2D eigenvalue weighted by atomic mass is 9.94. The molecule has 1 aliphatic rings. The lowest BCUT2D eigenvalue weighted by molar-refractivity contribution is -0.145. The Kier molecular flexibility index (Phi) is 7.09. The van der Waals surface area contributed by atoms with E-state index in [2.05, 4.69) is 34.6 Å². The number of H-pyrrole nitrogens is 1. The molecule has 4 atom stereocenters. The Balaban J connectivity index is 1.32. The number of fused-ring (bicyclic) bond motifs is 1. The van der Waals surface area contributed by atoms with Gasteiger partial charge in [-0.1, -0.05) is 12.8 Å². The van der Waals surface area contributed by atoms with E-state index >= 15 is 0 Å². The quantitative estimate of drug-likeness (QED) is 0.362. The third-order valence-electron chi connectivity index (χ3n) is 5.47. The molecule has 1 aliphatic heterocycles. The third kappa shape index (κ3) is 5.00. The standard InChI is InChI=1S/C20H31N3O4/c24-13-17-19(26)20(27)18(25)12-23(17)10-4-2-1-3-8-21-15-5-6-16-14(11-15)7-9-22-16/h5-7,9,11,17-22,24-27H,1-4,8,10,12-13H2/t17-,18+,19-,20-/m1/s1. The first-order valence-corrected chi connectivity index (χ1v) is 9.80. The number of β-amino-alcohol motifs (C(OH)–C–C–N with tert-alkyl or cyclic N) is 1. The summed E-state index contributed by atoms with van der Waals surface area (Å²) >= 11 is 0. The predicted octanol–water partition coefficient (Wildman–Crippen LogP) is 0.899. The van der Waals surface area contributed by atoms with E-state index in [0.29, 0.717) is 6.54 Å². The van der Waals surface area contributed by atoms with Gasteiger partial charge in [-0.3, -0.25) is 4.90 Å². The number of benzene rings is 1. The van der Waals surface area contributed by atoms with Crippen molar-refractivity contribution in [2.75, 3.05) is 31.6 Å². The average Bonchev–Trinajstić information content (AvgIpc) is 3.13. The molecular weight excluding hydrogens is 346 g/mol. The molecule has 2 heterocycles. The topological polar surface area (TPSA) is 112 Å². The Hall–Kier alpha value is -1.64. The van der Waals surface area contributed by atoms with E-state index in [4.69, 9.17) is 0 Å². The van der Waals surface area contributed by atoms with Gasteiger partial charge in [-0.2, -0.15) is 0 Å². The molecule has 0 saturated carbocycles. The lowest BCUT2D eigenvalue weighted by Gasteiger charge is -2.43. The Labute approximate surface area is 159 Å². The van der Waals surface area contributed by atoms with Crippen LogP contribution < -0.4 is 5.32 Å². The highest BCUT2D eigenvalue weighted by molar-refractivity contribution is 5.82. The molecule has 0 aliphatic carbocycles. The van der Waals surface area contributed by atoms with Crippen LogP contribution in [0.1, 0.15) is 25.7 Å². The minimum absolute atomic E-state index is 0.222. The Morgan fingerprint density at radius 2 is 1.85 bits per heavy atom. The molecule has 1 aromatic heterocycles. The maximum atomic E-state index is 9.99. The van der Waals surface area contributed by atoms with Gasteiger partial charge in [0.1, 0.15) is 12.2 Å². The molecule has 27 heavy (non-hydrogen) atoms. The summed E-state index contributed by atoms with van der Waals surface area (Å²) in [5.41, 5.74) is 2.27. The molecule has 150 valence electrons. The summed E-state index contributed by atoms with van der Waals surface area (Å²) in [7, 11) is 0. The van der Waals surface area contributed by atoms with E-state index in [-0.39, 0.29) is 13.2 Å². The number of hydrogen-bond acceptors (Lipinski definition) is 6. The van der Waals surface area contributed by atoms with Gasteiger partial charge in [0.25, 0.3) is 0 Å². The van der Waals surface area contributed by atoms with Gasteiger partial charge in [0, 0.05) is 35.9 Å². The van der Waals surface area contributed by atoms with Gasteiger partial charge in [0.2, 0.25) is 0 Å². The van der Waals surface area contributed by atoms with Gasteiger partial charge in [0.15, 0.2) is 0 Å². The van der Waals surface area contributed by atoms with Crippen molar-refractivity contribution >= 4 is 16.6 Å². The van der Waals surface area contributed by atoms with Crippen LogP contribution in [0.25, 0.3) is 10.9 Å². The van der Waals surface area contributed by atoms with Gasteiger partial charge >= 0.3 is 0 Å². The van der Waals surface area contributed by atoms with Gasteiger partial charge in [-0.25, -0.2) is 0 Å². The van der Waals surface area contributed by atoms with Crippen LogP contribution in [0.2, 0.25) is 0 Å². The van der Waals surface area contributed by atoms with Gasteiger partial charge in [-0.15, -0.1) is 0 Å². The van der Waals surface area contributed by atoms with Gasteiger partial charge < -0.3 is 30.7 Å². The molecule has 1 aromatic carbocycles. The zero-order valence-corrected chi connectivity index (χ0v) is 15.6. The third-order valence-corrected chi connectivity index (χ3v) is 5.47. The summed E-state index contributed by atoms with van der Waals surface area (Å²) in [5, 5.41) is 43.7. The summed E-state index contributed by atoms with van der Waals surface area (Å²) in [6.07, 6.45) is 2.81. The fraction of sp³-hybridized carbons (Fsp3) is 0.600. The van der Waals surface area contributed by atoms with Crippen LogP contribution in [0.15, 0.2) is 30.5 Å². The number of aliphatic hydroxyl groups is 4. The molecule has 0 radical (unpaired) electrons. The monoisotopic (exact) mass is 377 g/mol. The molecule has 0 spiro atoms. The summed E-state index contributed by atoms with van der Waals surface area (Å²) < 4.78 is 0. The van der Waals surface area contributed by atoms with Crippen LogP contribution in [0, 0.1) is 0 Å². The summed E-state index contributed by atoms with van der Waals surface area (Å²) in [4.78, 5) is 5.07. The predicted molar refractivity (Wildman–Crippen MR) is 106 cm³/mol. The van der Waals surface area contributed by atoms with Crippen molar-refractivity contribution in [2.24, 2.45) is 0 Å². The minimum atomic E-state index is -1.19. The molecule has 0 unspecified atom stereocenters. The Bertz CT molecular complexity index is 707. The van der Waals surface area contributed by atoms with E-state index in [1.165, 1.54) is 5.39 Å². The number of aromatic nitrogens is 1. The Morgan fingerprint density at radius 1 is 1.04 bits per heavy atom. The molecule has 0 amide bonds. The molecule has 1 fully saturated rings. The molecule has 1 saturated heterocycles. The summed E-state index contributed by atoms with van der Waals surface area (Å²) in [6, 6.07) is 7.85. The van der Waals surface area contributed by atoms with Crippen molar-refractivity contribution in [2.45, 2.75) is 50.0 Å². The second kappa shape index (κ2) is 9.52. The number of piperidine rings is 1. The number of aromatic amines is 1. The first-order valence-electron chi connectivity index (χ1n) is 9.80. The zero-order chi connectivity index (χ0) is 19.2. The van der Waals surface area contributed by atoms with E-state index in [0.717, 1.165) is 43.4 Å². The maximum Gasteiger partial charge on any atom is 0.109 e. The molecular formula is C20H31N3O4. The van der Waals surface area contributed by atoms with Crippen molar-refractivity contribution < 1.29 is 20.4 Å². The molecule has 3 rings (SSSR count). The van der Waals surface area contributed by atoms with E-state index in [1.54, 1.807) is 0 Å². The number of anilines is 1. The fourth-order valence-corrected chi connectivity index (χ4v) is 3.82. The van der Waals surface area contributed by atoms with Crippen LogP contribution >= 0.6 is 0 Å². The van der Waals surface area contributed by atoms with Crippen molar-refractivity contribution in [1.82, 2.24) is 9.88 Å². The van der Waals surface area contributed by atoms with Gasteiger partial charge in [0.05, 0.1) is 18.8 Å². The number of nitrogens with one attached hydrogen (secondary N) is 2. The van der Waals surface area contributed by atoms with Crippen molar-refractivity contribution in [3.05, 3.63) is 30.5 Å². The van der Waals surface area contributed by atoms with Crippen molar-refractivity contribution in [3.63, 3.8) is 0 Å². The van der Waals surface area contributed by atoms with E-state index < -0.39 is 24.4 Å². The Morgan fingerprint density at radius 3 is 2.67 bits per heavy atom. The van der Waals surface area contributed by atoms with E-state index in [1.807, 2.05) is 11.1 Å². The average molecular weight is 377 g/mol. The van der Waals surface area contributed by atoms with Crippen LogP contribution in [0.4, 0.5) is 5.69 Å². The number of hydrogen-bond donors (Lipinski definition) is 6. The number of unbranched alkanes of at least 4 members (excludes halogenated alkanes) is 3. The first-order chi connectivity index (χ1) is 13.1. The van der Waals surface area contributed by atoms with Crippen LogP contribution in [-0.2, 0) is 0 Å². The van der Waals surface area contributed by atoms with Crippen LogP contribution in [0.3, 0.4) is 0 Å². The largest absolute Gasteiger partial charge is 0.395 e. The van der Waals surface area contributed by atoms with Crippen molar-refractivity contribution in [1.29, 1.82) is 0 Å². The fourth-order valence-electron chi connectivity index (χ4n) is 3.82. The molecule has 7 nitrogen and oxygen atoms in total. The molecule has 2 aromatic rings. The summed E-state index contributed by atoms with van der Waals surface area (Å²) in [5.74, 6) is 0. The number of nitrogens with zero attached hydrogens (tertiary/aromatic N) is 1. The number of rotatable bonds is 9. The zero-order valence-electron chi connectivity index (χ0n) is 15.6. The smallest absolute Gasteiger partial charge is 0.109 e. The molecule has 0 bridgehead atoms. The lowest BCUT2D eigenvalue weighted by Crippen LogP contribution is -2.62. The second-order valence-corrected chi connectivity index (χ2v) is 7.41. The van der Waals surface area contributed by atoms with Crippen LogP contribution in [-0.4, -0.2) is 80.9 Å². The summed E-state index contributed by atoms with van der Waals surface area (Å²) in [6.45, 7) is 1.68.